The summed E-state index contributed by atoms with van der Waals surface area (Å²) in [5.74, 6) is 2.17. The van der Waals surface area contributed by atoms with Crippen LogP contribution in [0, 0.1) is 0 Å². The van der Waals surface area contributed by atoms with Gasteiger partial charge in [-0.25, -0.2) is 4.79 Å². The fourth-order valence-electron chi connectivity index (χ4n) is 4.47. The molecule has 188 valence electrons. The molecule has 0 saturated heterocycles. The third-order valence-electron chi connectivity index (χ3n) is 6.52. The molecule has 2 amide bonds. The summed E-state index contributed by atoms with van der Waals surface area (Å²) in [6.45, 7) is 4.00. The molecule has 0 radical (unpaired) electrons. The monoisotopic (exact) mass is 496 g/mol. The summed E-state index contributed by atoms with van der Waals surface area (Å²) in [6.07, 6.45) is 0.928. The molecule has 0 aliphatic carbocycles. The van der Waals surface area contributed by atoms with Crippen molar-refractivity contribution >= 4 is 17.3 Å². The van der Waals surface area contributed by atoms with Crippen molar-refractivity contribution in [3.05, 3.63) is 95.5 Å². The lowest BCUT2D eigenvalue weighted by Gasteiger charge is -2.35. The number of ether oxygens (including phenoxy) is 2. The predicted octanol–water partition coefficient (Wildman–Crippen LogP) is 6.02. The molecule has 0 spiro atoms. The van der Waals surface area contributed by atoms with Crippen molar-refractivity contribution in [3.8, 4) is 22.9 Å². The van der Waals surface area contributed by atoms with E-state index in [-0.39, 0.29) is 6.03 Å². The molecule has 0 fully saturated rings. The quantitative estimate of drug-likeness (QED) is 0.337. The van der Waals surface area contributed by atoms with Crippen LogP contribution in [0.25, 0.3) is 17.0 Å². The van der Waals surface area contributed by atoms with E-state index in [0.717, 1.165) is 23.1 Å². The van der Waals surface area contributed by atoms with Gasteiger partial charge < -0.3 is 19.3 Å². The van der Waals surface area contributed by atoms with Gasteiger partial charge >= 0.3 is 6.03 Å². The first kappa shape index (κ1) is 24.1. The Morgan fingerprint density at radius 3 is 2.38 bits per heavy atom. The minimum atomic E-state index is -0.466. The van der Waals surface area contributed by atoms with Crippen LogP contribution in [0.2, 0.25) is 0 Å². The number of urea groups is 1. The molecule has 1 atom stereocenters. The molecule has 1 unspecified atom stereocenters. The first-order valence-corrected chi connectivity index (χ1v) is 12.0. The van der Waals surface area contributed by atoms with Crippen LogP contribution in [0.1, 0.15) is 36.9 Å². The molecular weight excluding hydrogens is 468 g/mol. The number of allylic oxidation sites excluding steroid dienone is 1. The molecule has 8 nitrogen and oxygen atoms in total. The SMILES string of the molecule is CCc1ccc(C2NC(=O)N(c3ccc(OC)cc3)C(C)=C2c2nc(-c3cccc(OC)c3)no2)cc1. The van der Waals surface area contributed by atoms with E-state index < -0.39 is 6.04 Å². The number of carbonyl (C=O) groups is 1. The Bertz CT molecular complexity index is 1440. The van der Waals surface area contributed by atoms with Gasteiger partial charge in [0, 0.05) is 11.3 Å². The summed E-state index contributed by atoms with van der Waals surface area (Å²) in [5, 5.41) is 7.39. The van der Waals surface area contributed by atoms with Crippen LogP contribution in [-0.4, -0.2) is 30.4 Å². The van der Waals surface area contributed by atoms with Crippen molar-refractivity contribution < 1.29 is 18.8 Å². The Morgan fingerprint density at radius 2 is 1.70 bits per heavy atom. The number of rotatable bonds is 7. The Hall–Kier alpha value is -4.59. The molecular formula is C29H28N4O4. The van der Waals surface area contributed by atoms with Gasteiger partial charge in [-0.3, -0.25) is 4.90 Å². The number of benzene rings is 3. The molecule has 5 rings (SSSR count). The zero-order valence-electron chi connectivity index (χ0n) is 21.2. The lowest BCUT2D eigenvalue weighted by Crippen LogP contribution is -2.46. The average molecular weight is 497 g/mol. The molecule has 1 N–H and O–H groups in total. The van der Waals surface area contributed by atoms with Crippen molar-refractivity contribution in [1.29, 1.82) is 0 Å². The van der Waals surface area contributed by atoms with Crippen molar-refractivity contribution in [1.82, 2.24) is 15.5 Å². The largest absolute Gasteiger partial charge is 0.497 e. The summed E-state index contributed by atoms with van der Waals surface area (Å²) in [6, 6.07) is 22.3. The number of methoxy groups -OCH3 is 2. The van der Waals surface area contributed by atoms with E-state index in [1.54, 1.807) is 19.1 Å². The van der Waals surface area contributed by atoms with Gasteiger partial charge in [0.25, 0.3) is 5.89 Å². The Morgan fingerprint density at radius 1 is 0.973 bits per heavy atom. The summed E-state index contributed by atoms with van der Waals surface area (Å²) in [7, 11) is 3.22. The van der Waals surface area contributed by atoms with Crippen molar-refractivity contribution in [3.63, 3.8) is 0 Å². The van der Waals surface area contributed by atoms with Gasteiger partial charge in [0.05, 0.1) is 31.5 Å². The van der Waals surface area contributed by atoms with Gasteiger partial charge in [0.1, 0.15) is 11.5 Å². The summed E-state index contributed by atoms with van der Waals surface area (Å²) in [4.78, 5) is 19.8. The zero-order valence-corrected chi connectivity index (χ0v) is 21.2. The number of amides is 2. The van der Waals surface area contributed by atoms with Crippen LogP contribution < -0.4 is 19.7 Å². The first-order chi connectivity index (χ1) is 18.0. The molecule has 0 saturated carbocycles. The standard InChI is InChI=1S/C29H28N4O4/c1-5-19-9-11-20(12-10-19)26-25(28-31-27(32-37-28)21-7-6-8-24(17-21)36-4)18(2)33(29(34)30-26)22-13-15-23(35-3)16-14-22/h6-17,26H,5H2,1-4H3,(H,30,34). The molecule has 37 heavy (non-hydrogen) atoms. The third kappa shape index (κ3) is 4.65. The normalized spacial score (nSPS) is 15.5. The molecule has 1 aliphatic heterocycles. The topological polar surface area (TPSA) is 89.7 Å². The first-order valence-electron chi connectivity index (χ1n) is 12.0. The summed E-state index contributed by atoms with van der Waals surface area (Å²) >= 11 is 0. The van der Waals surface area contributed by atoms with Crippen LogP contribution in [0.3, 0.4) is 0 Å². The summed E-state index contributed by atoms with van der Waals surface area (Å²) in [5.41, 5.74) is 5.02. The molecule has 3 aromatic carbocycles. The second-order valence-corrected chi connectivity index (χ2v) is 8.67. The minimum absolute atomic E-state index is 0.247. The fourth-order valence-corrected chi connectivity index (χ4v) is 4.47. The zero-order chi connectivity index (χ0) is 25.9. The van der Waals surface area contributed by atoms with Crippen LogP contribution in [0.5, 0.6) is 11.5 Å². The maximum absolute atomic E-state index is 13.4. The van der Waals surface area contributed by atoms with E-state index in [1.165, 1.54) is 5.56 Å². The number of hydrogen-bond donors (Lipinski definition) is 1. The minimum Gasteiger partial charge on any atom is -0.497 e. The Balaban J connectivity index is 1.62. The van der Waals surface area contributed by atoms with Gasteiger partial charge in [0.15, 0.2) is 0 Å². The molecule has 1 aliphatic rings. The molecule has 2 heterocycles. The van der Waals surface area contributed by atoms with Crippen LogP contribution in [0.15, 0.2) is 83.0 Å². The average Bonchev–Trinajstić information content (AvgIpc) is 3.43. The fraction of sp³-hybridized carbons (Fsp3) is 0.207. The van der Waals surface area contributed by atoms with Gasteiger partial charge in [-0.1, -0.05) is 48.5 Å². The maximum Gasteiger partial charge on any atom is 0.326 e. The van der Waals surface area contributed by atoms with Crippen LogP contribution >= 0.6 is 0 Å². The van der Waals surface area contributed by atoms with E-state index in [9.17, 15) is 4.79 Å². The number of carbonyl (C=O) groups excluding carboxylic acids is 1. The summed E-state index contributed by atoms with van der Waals surface area (Å²) < 4.78 is 16.4. The smallest absolute Gasteiger partial charge is 0.326 e. The number of hydrogen-bond acceptors (Lipinski definition) is 6. The highest BCUT2D eigenvalue weighted by Gasteiger charge is 2.36. The van der Waals surface area contributed by atoms with Gasteiger partial charge in [0.2, 0.25) is 5.82 Å². The van der Waals surface area contributed by atoms with E-state index in [0.29, 0.717) is 34.6 Å². The number of nitrogens with zero attached hydrogens (tertiary/aromatic N) is 3. The van der Waals surface area contributed by atoms with Crippen molar-refractivity contribution in [2.24, 2.45) is 0 Å². The second-order valence-electron chi connectivity index (χ2n) is 8.67. The maximum atomic E-state index is 13.4. The lowest BCUT2D eigenvalue weighted by molar-refractivity contribution is 0.244. The molecule has 4 aromatic rings. The molecule has 1 aromatic heterocycles. The van der Waals surface area contributed by atoms with Gasteiger partial charge in [-0.15, -0.1) is 0 Å². The molecule has 0 bridgehead atoms. The van der Waals surface area contributed by atoms with Crippen molar-refractivity contribution in [2.45, 2.75) is 26.3 Å². The third-order valence-corrected chi connectivity index (χ3v) is 6.52. The predicted molar refractivity (Wildman–Crippen MR) is 141 cm³/mol. The van der Waals surface area contributed by atoms with Gasteiger partial charge in [-0.2, -0.15) is 4.98 Å². The van der Waals surface area contributed by atoms with E-state index >= 15 is 0 Å². The van der Waals surface area contributed by atoms with Crippen LogP contribution in [-0.2, 0) is 6.42 Å². The molecule has 8 heteroatoms. The number of aromatic nitrogens is 2. The van der Waals surface area contributed by atoms with Crippen molar-refractivity contribution in [2.75, 3.05) is 19.1 Å². The number of nitrogens with one attached hydrogen (secondary N) is 1. The highest BCUT2D eigenvalue weighted by Crippen LogP contribution is 2.39. The van der Waals surface area contributed by atoms with E-state index in [1.807, 2.05) is 67.6 Å². The van der Waals surface area contributed by atoms with E-state index in [2.05, 4.69) is 29.5 Å². The highest BCUT2D eigenvalue weighted by atomic mass is 16.5. The van der Waals surface area contributed by atoms with Crippen LogP contribution in [0.4, 0.5) is 10.5 Å². The van der Waals surface area contributed by atoms with E-state index in [4.69, 9.17) is 19.0 Å². The Labute approximate surface area is 215 Å². The number of aryl methyl sites for hydroxylation is 1. The highest BCUT2D eigenvalue weighted by molar-refractivity contribution is 6.01. The lowest BCUT2D eigenvalue weighted by atomic mass is 9.93. The van der Waals surface area contributed by atoms with Gasteiger partial charge in [-0.05, 0) is 60.9 Å². The second kappa shape index (κ2) is 10.2. The Kier molecular flexibility index (Phi) is 6.64. The number of anilines is 1.